The third-order valence-electron chi connectivity index (χ3n) is 4.52. The van der Waals surface area contributed by atoms with Gasteiger partial charge < -0.3 is 9.84 Å². The number of ether oxygens (including phenoxy) is 1. The third kappa shape index (κ3) is 4.09. The minimum absolute atomic E-state index is 0.411. The van der Waals surface area contributed by atoms with E-state index in [1.807, 2.05) is 19.1 Å². The molecule has 1 aromatic rings. The van der Waals surface area contributed by atoms with Gasteiger partial charge in [0, 0.05) is 0 Å². The summed E-state index contributed by atoms with van der Waals surface area (Å²) in [5.41, 5.74) is 1.09. The van der Waals surface area contributed by atoms with E-state index >= 15 is 0 Å². The summed E-state index contributed by atoms with van der Waals surface area (Å²) in [6.07, 6.45) is 4.17. The van der Waals surface area contributed by atoms with Gasteiger partial charge in [-0.1, -0.05) is 37.5 Å². The van der Waals surface area contributed by atoms with E-state index in [0.29, 0.717) is 24.5 Å². The lowest BCUT2D eigenvalue weighted by molar-refractivity contribution is -0.155. The number of carbonyl (C=O) groups is 2. The summed E-state index contributed by atoms with van der Waals surface area (Å²) in [4.78, 5) is 23.9. The molecule has 1 fully saturated rings. The van der Waals surface area contributed by atoms with Crippen LogP contribution < -0.4 is 4.74 Å². The first-order chi connectivity index (χ1) is 10.5. The zero-order valence-corrected chi connectivity index (χ0v) is 13.2. The second kappa shape index (κ2) is 7.43. The zero-order chi connectivity index (χ0) is 16.1. The van der Waals surface area contributed by atoms with E-state index in [0.717, 1.165) is 24.8 Å². The van der Waals surface area contributed by atoms with Gasteiger partial charge in [-0.3, -0.25) is 9.59 Å². The van der Waals surface area contributed by atoms with Gasteiger partial charge in [-0.15, -0.1) is 0 Å². The van der Waals surface area contributed by atoms with E-state index in [9.17, 15) is 14.7 Å². The average Bonchev–Trinajstić information content (AvgIpc) is 2.49. The van der Waals surface area contributed by atoms with E-state index in [4.69, 9.17) is 4.74 Å². The molecule has 0 heterocycles. The molecule has 3 atom stereocenters. The van der Waals surface area contributed by atoms with Crippen molar-refractivity contribution in [2.75, 3.05) is 0 Å². The monoisotopic (exact) mass is 304 g/mol. The van der Waals surface area contributed by atoms with E-state index in [-0.39, 0.29) is 0 Å². The third-order valence-corrected chi connectivity index (χ3v) is 4.52. The molecule has 1 saturated carbocycles. The fourth-order valence-corrected chi connectivity index (χ4v) is 3.28. The molecule has 120 valence electrons. The molecule has 3 unspecified atom stereocenters. The number of hydrogen-bond acceptors (Lipinski definition) is 3. The summed E-state index contributed by atoms with van der Waals surface area (Å²) in [6.45, 7) is 4.06. The van der Waals surface area contributed by atoms with Crippen LogP contribution in [0.4, 0.5) is 0 Å². The van der Waals surface area contributed by atoms with Crippen molar-refractivity contribution >= 4 is 11.9 Å². The average molecular weight is 304 g/mol. The fraction of sp³-hybridized carbons (Fsp3) is 0.556. The molecule has 0 bridgehead atoms. The molecule has 1 N–H and O–H groups in total. The van der Waals surface area contributed by atoms with Gasteiger partial charge in [-0.25, -0.2) is 0 Å². The van der Waals surface area contributed by atoms with Crippen molar-refractivity contribution < 1.29 is 19.4 Å². The quantitative estimate of drug-likeness (QED) is 0.663. The minimum Gasteiger partial charge on any atom is -0.481 e. The summed E-state index contributed by atoms with van der Waals surface area (Å²) in [6, 6.07) is 7.22. The number of esters is 1. The van der Waals surface area contributed by atoms with E-state index < -0.39 is 23.8 Å². The van der Waals surface area contributed by atoms with Crippen molar-refractivity contribution in [2.45, 2.75) is 46.0 Å². The Labute approximate surface area is 131 Å². The summed E-state index contributed by atoms with van der Waals surface area (Å²) < 4.78 is 5.38. The number of rotatable bonds is 5. The van der Waals surface area contributed by atoms with Crippen molar-refractivity contribution in [1.82, 2.24) is 0 Å². The zero-order valence-electron chi connectivity index (χ0n) is 13.2. The number of aryl methyl sites for hydroxylation is 1. The van der Waals surface area contributed by atoms with Crippen LogP contribution in [0.3, 0.4) is 0 Å². The standard InChI is InChI=1S/C18H24O4/c1-3-4-13-7-10-15(16(11-13)17(19)20)18(21)22-14-8-5-12(2)6-9-14/h5-6,8-9,13,15-16H,3-4,7,10-11H2,1-2H3,(H,19,20). The highest BCUT2D eigenvalue weighted by atomic mass is 16.5. The van der Waals surface area contributed by atoms with Crippen LogP contribution in [0, 0.1) is 24.7 Å². The largest absolute Gasteiger partial charge is 0.481 e. The Hall–Kier alpha value is -1.84. The Morgan fingerprint density at radius 2 is 1.86 bits per heavy atom. The molecule has 22 heavy (non-hydrogen) atoms. The van der Waals surface area contributed by atoms with Crippen LogP contribution in [0.2, 0.25) is 0 Å². The Balaban J connectivity index is 2.04. The van der Waals surface area contributed by atoms with Crippen LogP contribution in [-0.2, 0) is 9.59 Å². The first-order valence-corrected chi connectivity index (χ1v) is 8.02. The van der Waals surface area contributed by atoms with E-state index in [1.165, 1.54) is 0 Å². The number of carboxylic acid groups (broad SMARTS) is 1. The number of carboxylic acids is 1. The molecule has 2 rings (SSSR count). The highest BCUT2D eigenvalue weighted by Gasteiger charge is 2.40. The lowest BCUT2D eigenvalue weighted by Crippen LogP contribution is -2.37. The maximum absolute atomic E-state index is 12.3. The van der Waals surface area contributed by atoms with Crippen molar-refractivity contribution in [2.24, 2.45) is 17.8 Å². The van der Waals surface area contributed by atoms with Gasteiger partial charge in [-0.05, 0) is 44.2 Å². The highest BCUT2D eigenvalue weighted by molar-refractivity contribution is 5.82. The molecule has 0 spiro atoms. The van der Waals surface area contributed by atoms with Crippen LogP contribution in [0.1, 0.15) is 44.6 Å². The van der Waals surface area contributed by atoms with Gasteiger partial charge in [0.2, 0.25) is 0 Å². The maximum atomic E-state index is 12.3. The molecule has 0 saturated heterocycles. The van der Waals surface area contributed by atoms with Crippen LogP contribution in [0.15, 0.2) is 24.3 Å². The molecular weight excluding hydrogens is 280 g/mol. The second-order valence-electron chi connectivity index (χ2n) is 6.25. The summed E-state index contributed by atoms with van der Waals surface area (Å²) in [5.74, 6) is -1.56. The molecule has 1 aliphatic carbocycles. The highest BCUT2D eigenvalue weighted by Crippen LogP contribution is 2.37. The van der Waals surface area contributed by atoms with Crippen molar-refractivity contribution in [1.29, 1.82) is 0 Å². The smallest absolute Gasteiger partial charge is 0.315 e. The molecule has 0 aliphatic heterocycles. The molecular formula is C18H24O4. The predicted molar refractivity (Wildman–Crippen MR) is 83.7 cm³/mol. The number of benzene rings is 1. The van der Waals surface area contributed by atoms with Gasteiger partial charge >= 0.3 is 11.9 Å². The summed E-state index contributed by atoms with van der Waals surface area (Å²) in [5, 5.41) is 9.44. The molecule has 1 aromatic carbocycles. The van der Waals surface area contributed by atoms with Crippen LogP contribution >= 0.6 is 0 Å². The minimum atomic E-state index is -0.883. The lowest BCUT2D eigenvalue weighted by Gasteiger charge is -2.32. The van der Waals surface area contributed by atoms with Crippen molar-refractivity contribution in [3.8, 4) is 5.75 Å². The topological polar surface area (TPSA) is 63.6 Å². The van der Waals surface area contributed by atoms with Crippen LogP contribution in [0.5, 0.6) is 5.75 Å². The van der Waals surface area contributed by atoms with Gasteiger partial charge in [0.1, 0.15) is 5.75 Å². The van der Waals surface area contributed by atoms with E-state index in [2.05, 4.69) is 6.92 Å². The SMILES string of the molecule is CCCC1CCC(C(=O)Oc2ccc(C)cc2)C(C(=O)O)C1. The van der Waals surface area contributed by atoms with Crippen LogP contribution in [-0.4, -0.2) is 17.0 Å². The molecule has 0 amide bonds. The number of carbonyl (C=O) groups excluding carboxylic acids is 1. The summed E-state index contributed by atoms with van der Waals surface area (Å²) in [7, 11) is 0. The first kappa shape index (κ1) is 16.5. The fourth-order valence-electron chi connectivity index (χ4n) is 3.28. The van der Waals surface area contributed by atoms with Gasteiger partial charge in [0.25, 0.3) is 0 Å². The molecule has 4 nitrogen and oxygen atoms in total. The Morgan fingerprint density at radius 3 is 2.45 bits per heavy atom. The van der Waals surface area contributed by atoms with Gasteiger partial charge in [0.15, 0.2) is 0 Å². The van der Waals surface area contributed by atoms with Crippen molar-refractivity contribution in [3.63, 3.8) is 0 Å². The first-order valence-electron chi connectivity index (χ1n) is 8.02. The predicted octanol–water partition coefficient (Wildman–Crippen LogP) is 3.82. The summed E-state index contributed by atoms with van der Waals surface area (Å²) >= 11 is 0. The molecule has 0 radical (unpaired) electrons. The van der Waals surface area contributed by atoms with Crippen LogP contribution in [0.25, 0.3) is 0 Å². The maximum Gasteiger partial charge on any atom is 0.315 e. The van der Waals surface area contributed by atoms with Gasteiger partial charge in [0.05, 0.1) is 11.8 Å². The second-order valence-corrected chi connectivity index (χ2v) is 6.25. The van der Waals surface area contributed by atoms with Gasteiger partial charge in [-0.2, -0.15) is 0 Å². The normalized spacial score (nSPS) is 24.7. The molecule has 0 aromatic heterocycles. The number of aliphatic carboxylic acids is 1. The Kier molecular flexibility index (Phi) is 5.58. The lowest BCUT2D eigenvalue weighted by atomic mass is 9.72. The molecule has 4 heteroatoms. The van der Waals surface area contributed by atoms with Crippen molar-refractivity contribution in [3.05, 3.63) is 29.8 Å². The number of hydrogen-bond donors (Lipinski definition) is 1. The Bertz CT molecular complexity index is 520. The Morgan fingerprint density at radius 1 is 1.18 bits per heavy atom. The molecule has 1 aliphatic rings. The van der Waals surface area contributed by atoms with E-state index in [1.54, 1.807) is 12.1 Å².